The highest BCUT2D eigenvalue weighted by atomic mass is 28.4. The van der Waals surface area contributed by atoms with Crippen LogP contribution in [0.25, 0.3) is 0 Å². The number of esters is 1. The number of carbonyl (C=O) groups is 1. The van der Waals surface area contributed by atoms with Gasteiger partial charge in [0.05, 0.1) is 6.61 Å². The minimum Gasteiger partial charge on any atom is -0.466 e. The van der Waals surface area contributed by atoms with E-state index >= 15 is 0 Å². The molecule has 90 valence electrons. The van der Waals surface area contributed by atoms with Gasteiger partial charge in [-0.3, -0.25) is 4.79 Å². The molecular weight excluding hydrogens is 211 g/mol. The Hall–Kier alpha value is -0.383. The van der Waals surface area contributed by atoms with Crippen molar-refractivity contribution in [3.05, 3.63) is 0 Å². The maximum Gasteiger partial charge on any atom is 0.305 e. The first-order valence-electron chi connectivity index (χ1n) is 5.80. The van der Waals surface area contributed by atoms with Gasteiger partial charge in [0.2, 0.25) is 8.41 Å². The van der Waals surface area contributed by atoms with Crippen LogP contribution in [-0.2, 0) is 9.53 Å². The smallest absolute Gasteiger partial charge is 0.305 e. The summed E-state index contributed by atoms with van der Waals surface area (Å²) in [4.78, 5) is 11.0. The van der Waals surface area contributed by atoms with Crippen LogP contribution < -0.4 is 0 Å². The van der Waals surface area contributed by atoms with Gasteiger partial charge in [-0.25, -0.2) is 0 Å². The van der Waals surface area contributed by atoms with Crippen molar-refractivity contribution in [2.45, 2.75) is 58.2 Å². The molecule has 0 aromatic rings. The number of ether oxygens (including phenoxy) is 1. The van der Waals surface area contributed by atoms with Crippen LogP contribution in [0.1, 0.15) is 39.0 Å². The van der Waals surface area contributed by atoms with Gasteiger partial charge in [-0.1, -0.05) is 19.8 Å². The van der Waals surface area contributed by atoms with E-state index in [0.717, 1.165) is 31.7 Å². The molecule has 0 aromatic heterocycles. The lowest BCUT2D eigenvalue weighted by molar-refractivity contribution is -0.143. The van der Waals surface area contributed by atoms with Gasteiger partial charge in [0.1, 0.15) is 0 Å². The Balaban J connectivity index is 3.22. The van der Waals surface area contributed by atoms with Crippen LogP contribution in [0.2, 0.25) is 19.1 Å². The molecule has 0 unspecified atom stereocenters. The minimum absolute atomic E-state index is 0.113. The average molecular weight is 234 g/mol. The number of unbranched alkanes of at least 4 members (excludes halogenated alkanes) is 2. The van der Waals surface area contributed by atoms with Gasteiger partial charge in [0, 0.05) is 6.42 Å². The summed E-state index contributed by atoms with van der Waals surface area (Å²) in [5.74, 6) is -0.113. The summed E-state index contributed by atoms with van der Waals surface area (Å²) >= 11 is 0. The molecule has 0 fully saturated rings. The van der Waals surface area contributed by atoms with Crippen LogP contribution in [0.3, 0.4) is 0 Å². The third-order valence-electron chi connectivity index (χ3n) is 2.13. The van der Waals surface area contributed by atoms with Crippen molar-refractivity contribution in [1.29, 1.82) is 0 Å². The van der Waals surface area contributed by atoms with Crippen molar-refractivity contribution < 1.29 is 13.6 Å². The SMILES string of the molecule is CCCC(=O)OCCCCC[Si](C)(C)F. The molecule has 0 saturated carbocycles. The lowest BCUT2D eigenvalue weighted by Crippen LogP contribution is -2.17. The van der Waals surface area contributed by atoms with Crippen molar-refractivity contribution in [2.75, 3.05) is 6.61 Å². The molecule has 0 bridgehead atoms. The number of hydrogen-bond donors (Lipinski definition) is 0. The van der Waals surface area contributed by atoms with Crippen LogP contribution in [0.15, 0.2) is 0 Å². The van der Waals surface area contributed by atoms with E-state index in [9.17, 15) is 8.90 Å². The maximum absolute atomic E-state index is 13.2. The molecule has 0 saturated heterocycles. The molecule has 0 atom stereocenters. The third kappa shape index (κ3) is 11.5. The van der Waals surface area contributed by atoms with Crippen molar-refractivity contribution in [3.63, 3.8) is 0 Å². The number of hydrogen-bond acceptors (Lipinski definition) is 2. The van der Waals surface area contributed by atoms with E-state index in [1.165, 1.54) is 0 Å². The maximum atomic E-state index is 13.2. The van der Waals surface area contributed by atoms with Crippen molar-refractivity contribution in [2.24, 2.45) is 0 Å². The summed E-state index contributed by atoms with van der Waals surface area (Å²) in [7, 11) is -2.36. The van der Waals surface area contributed by atoms with Gasteiger partial charge in [-0.15, -0.1) is 0 Å². The first-order valence-corrected chi connectivity index (χ1v) is 8.89. The molecule has 0 rings (SSSR count). The topological polar surface area (TPSA) is 26.3 Å². The molecule has 0 heterocycles. The molecular formula is C11H23FO2Si. The Morgan fingerprint density at radius 2 is 1.93 bits per heavy atom. The Labute approximate surface area is 93.4 Å². The van der Waals surface area contributed by atoms with Crippen LogP contribution in [0.4, 0.5) is 4.11 Å². The fourth-order valence-electron chi connectivity index (χ4n) is 1.29. The summed E-state index contributed by atoms with van der Waals surface area (Å²) in [5, 5.41) is 0. The third-order valence-corrected chi connectivity index (χ3v) is 3.68. The highest BCUT2D eigenvalue weighted by Gasteiger charge is 2.18. The minimum atomic E-state index is -2.36. The molecule has 0 aliphatic rings. The van der Waals surface area contributed by atoms with Crippen LogP contribution in [0, 0.1) is 0 Å². The van der Waals surface area contributed by atoms with Gasteiger partial charge < -0.3 is 8.84 Å². The molecule has 0 spiro atoms. The highest BCUT2D eigenvalue weighted by molar-refractivity contribution is 6.70. The molecule has 15 heavy (non-hydrogen) atoms. The summed E-state index contributed by atoms with van der Waals surface area (Å²) in [6.07, 6.45) is 4.08. The summed E-state index contributed by atoms with van der Waals surface area (Å²) < 4.78 is 18.2. The molecule has 2 nitrogen and oxygen atoms in total. The normalized spacial score (nSPS) is 11.5. The summed E-state index contributed by atoms with van der Waals surface area (Å²) in [6.45, 7) is 5.91. The quantitative estimate of drug-likeness (QED) is 0.277. The number of halogens is 1. The van der Waals surface area contributed by atoms with Gasteiger partial charge in [0.25, 0.3) is 0 Å². The largest absolute Gasteiger partial charge is 0.466 e. The Morgan fingerprint density at radius 1 is 1.27 bits per heavy atom. The van der Waals surface area contributed by atoms with E-state index < -0.39 is 8.41 Å². The lowest BCUT2D eigenvalue weighted by Gasteiger charge is -2.10. The fraction of sp³-hybridized carbons (Fsp3) is 0.909. The van der Waals surface area contributed by atoms with Crippen LogP contribution in [-0.4, -0.2) is 21.0 Å². The fourth-order valence-corrected chi connectivity index (χ4v) is 2.38. The summed E-state index contributed by atoms with van der Waals surface area (Å²) in [5.41, 5.74) is 0. The second-order valence-electron chi connectivity index (χ2n) is 4.50. The first-order chi connectivity index (χ1) is 6.95. The van der Waals surface area contributed by atoms with Gasteiger partial charge in [-0.2, -0.15) is 0 Å². The van der Waals surface area contributed by atoms with Crippen LogP contribution >= 0.6 is 0 Å². The molecule has 0 aromatic carbocycles. The monoisotopic (exact) mass is 234 g/mol. The van der Waals surface area contributed by atoms with E-state index in [1.54, 1.807) is 13.1 Å². The van der Waals surface area contributed by atoms with E-state index in [1.807, 2.05) is 6.92 Å². The molecule has 0 aliphatic heterocycles. The summed E-state index contributed by atoms with van der Waals surface area (Å²) in [6, 6.07) is 0.718. The van der Waals surface area contributed by atoms with E-state index in [4.69, 9.17) is 4.74 Å². The standard InChI is InChI=1S/C11H23FO2Si/c1-4-8-11(13)14-9-6-5-7-10-15(2,3)12/h4-10H2,1-3H3. The van der Waals surface area contributed by atoms with Crippen molar-refractivity contribution in [3.8, 4) is 0 Å². The number of rotatable bonds is 8. The second kappa shape index (κ2) is 7.85. The lowest BCUT2D eigenvalue weighted by atomic mass is 10.3. The predicted octanol–water partition coefficient (Wildman–Crippen LogP) is 3.67. The molecule has 0 radical (unpaired) electrons. The van der Waals surface area contributed by atoms with Gasteiger partial charge in [0.15, 0.2) is 0 Å². The van der Waals surface area contributed by atoms with E-state index in [2.05, 4.69) is 0 Å². The molecule has 0 amide bonds. The zero-order valence-corrected chi connectivity index (χ0v) is 11.1. The van der Waals surface area contributed by atoms with Crippen LogP contribution in [0.5, 0.6) is 0 Å². The Kier molecular flexibility index (Phi) is 7.65. The molecule has 0 aliphatic carbocycles. The first kappa shape index (κ1) is 14.6. The van der Waals surface area contributed by atoms with Crippen molar-refractivity contribution >= 4 is 14.4 Å². The van der Waals surface area contributed by atoms with Crippen molar-refractivity contribution in [1.82, 2.24) is 0 Å². The zero-order chi connectivity index (χ0) is 11.7. The molecule has 4 heteroatoms. The van der Waals surface area contributed by atoms with Gasteiger partial charge in [-0.05, 0) is 32.0 Å². The Bertz CT molecular complexity index is 178. The zero-order valence-electron chi connectivity index (χ0n) is 10.1. The Morgan fingerprint density at radius 3 is 2.47 bits per heavy atom. The van der Waals surface area contributed by atoms with Gasteiger partial charge >= 0.3 is 5.97 Å². The second-order valence-corrected chi connectivity index (χ2v) is 8.44. The highest BCUT2D eigenvalue weighted by Crippen LogP contribution is 2.15. The van der Waals surface area contributed by atoms with E-state index in [-0.39, 0.29) is 5.97 Å². The number of carbonyl (C=O) groups excluding carboxylic acids is 1. The van der Waals surface area contributed by atoms with E-state index in [0.29, 0.717) is 13.0 Å². The predicted molar refractivity (Wildman–Crippen MR) is 63.1 cm³/mol. The molecule has 0 N–H and O–H groups in total. The average Bonchev–Trinajstić information content (AvgIpc) is 2.09.